The van der Waals surface area contributed by atoms with E-state index in [9.17, 15) is 0 Å². The predicted molar refractivity (Wildman–Crippen MR) is 177 cm³/mol. The molecule has 0 aliphatic rings. The smallest absolute Gasteiger partial charge is 0.143 e. The Morgan fingerprint density at radius 1 is 0.405 bits per heavy atom. The summed E-state index contributed by atoms with van der Waals surface area (Å²) in [5, 5.41) is 4.48. The number of fused-ring (bicyclic) bond motifs is 5. The van der Waals surface area contributed by atoms with Crippen molar-refractivity contribution in [3.05, 3.63) is 164 Å². The zero-order valence-electron chi connectivity index (χ0n) is 22.9. The van der Waals surface area contributed by atoms with Gasteiger partial charge in [-0.05, 0) is 58.7 Å². The van der Waals surface area contributed by atoms with Crippen molar-refractivity contribution in [2.75, 3.05) is 4.90 Å². The Labute approximate surface area is 244 Å². The number of hydrogen-bond acceptors (Lipinski definition) is 2. The van der Waals surface area contributed by atoms with Gasteiger partial charge in [-0.2, -0.15) is 0 Å². The van der Waals surface area contributed by atoms with Gasteiger partial charge in [-0.25, -0.2) is 0 Å². The molecule has 7 aromatic carbocycles. The molecular weight excluding hydrogens is 510 g/mol. The first-order chi connectivity index (χ1) is 20.8. The standard InChI is InChI=1S/C40H27NO/c1-4-14-28(15-5-1)30-18-12-21-32(26-30)41(31-19-8-3-9-20-31)37-27-36-39-33(29-16-6-2-7-17-29)24-13-25-38(39)42-40(36)35-23-11-10-22-34(35)37/h1-27H. The lowest BCUT2D eigenvalue weighted by Crippen LogP contribution is -2.10. The first-order valence-corrected chi connectivity index (χ1v) is 14.3. The normalized spacial score (nSPS) is 11.3. The van der Waals surface area contributed by atoms with E-state index in [2.05, 4.69) is 169 Å². The molecule has 8 rings (SSSR count). The molecule has 0 radical (unpaired) electrons. The van der Waals surface area contributed by atoms with Gasteiger partial charge in [-0.3, -0.25) is 0 Å². The highest BCUT2D eigenvalue weighted by atomic mass is 16.3. The van der Waals surface area contributed by atoms with Gasteiger partial charge in [0.15, 0.2) is 0 Å². The van der Waals surface area contributed by atoms with Crippen LogP contribution in [0.25, 0.3) is 55.0 Å². The van der Waals surface area contributed by atoms with Gasteiger partial charge in [-0.15, -0.1) is 0 Å². The molecule has 0 aliphatic heterocycles. The molecule has 0 saturated heterocycles. The van der Waals surface area contributed by atoms with Gasteiger partial charge >= 0.3 is 0 Å². The third kappa shape index (κ3) is 4.05. The van der Waals surface area contributed by atoms with E-state index in [-0.39, 0.29) is 0 Å². The molecule has 0 aliphatic carbocycles. The van der Waals surface area contributed by atoms with Crippen LogP contribution in [0.15, 0.2) is 168 Å². The zero-order valence-corrected chi connectivity index (χ0v) is 22.9. The molecule has 0 atom stereocenters. The molecule has 1 aromatic heterocycles. The van der Waals surface area contributed by atoms with Crippen molar-refractivity contribution in [3.8, 4) is 22.3 Å². The molecule has 0 amide bonds. The molecule has 8 aromatic rings. The summed E-state index contributed by atoms with van der Waals surface area (Å²) in [5.41, 5.74) is 9.85. The first-order valence-electron chi connectivity index (χ1n) is 14.3. The Kier molecular flexibility index (Phi) is 5.82. The van der Waals surface area contributed by atoms with Crippen molar-refractivity contribution in [2.45, 2.75) is 0 Å². The molecule has 2 nitrogen and oxygen atoms in total. The largest absolute Gasteiger partial charge is 0.455 e. The van der Waals surface area contributed by atoms with E-state index in [0.29, 0.717) is 0 Å². The first kappa shape index (κ1) is 24.2. The van der Waals surface area contributed by atoms with E-state index in [1.54, 1.807) is 0 Å². The SMILES string of the molecule is c1ccc(-c2cccc(N(c3ccccc3)c3cc4c(oc5cccc(-c6ccccc6)c54)c4ccccc34)c2)cc1. The number of nitrogens with zero attached hydrogens (tertiary/aromatic N) is 1. The molecule has 0 spiro atoms. The van der Waals surface area contributed by atoms with E-state index in [0.717, 1.165) is 49.8 Å². The topological polar surface area (TPSA) is 16.4 Å². The van der Waals surface area contributed by atoms with Gasteiger partial charge in [0.25, 0.3) is 0 Å². The molecule has 0 unspecified atom stereocenters. The summed E-state index contributed by atoms with van der Waals surface area (Å²) in [6.07, 6.45) is 0. The average Bonchev–Trinajstić information content (AvgIpc) is 3.46. The molecular formula is C40H27NO. The Balaban J connectivity index is 1.45. The highest BCUT2D eigenvalue weighted by Gasteiger charge is 2.21. The van der Waals surface area contributed by atoms with Crippen LogP contribution in [0.4, 0.5) is 17.1 Å². The maximum absolute atomic E-state index is 6.63. The summed E-state index contributed by atoms with van der Waals surface area (Å²) in [4.78, 5) is 2.37. The quantitative estimate of drug-likeness (QED) is 0.217. The fourth-order valence-corrected chi connectivity index (χ4v) is 6.13. The van der Waals surface area contributed by atoms with Crippen LogP contribution in [0.5, 0.6) is 0 Å². The average molecular weight is 538 g/mol. The Bertz CT molecular complexity index is 2180. The van der Waals surface area contributed by atoms with Crippen molar-refractivity contribution in [2.24, 2.45) is 0 Å². The summed E-state index contributed by atoms with van der Waals surface area (Å²) in [7, 11) is 0. The third-order valence-corrected chi connectivity index (χ3v) is 8.03. The van der Waals surface area contributed by atoms with Crippen LogP contribution in [-0.4, -0.2) is 0 Å². The minimum atomic E-state index is 0.894. The summed E-state index contributed by atoms with van der Waals surface area (Å²) < 4.78 is 6.63. The number of rotatable bonds is 5. The Morgan fingerprint density at radius 3 is 1.76 bits per heavy atom. The van der Waals surface area contributed by atoms with Gasteiger partial charge in [0.1, 0.15) is 11.2 Å². The van der Waals surface area contributed by atoms with Crippen LogP contribution in [-0.2, 0) is 0 Å². The number of anilines is 3. The van der Waals surface area contributed by atoms with Crippen molar-refractivity contribution < 1.29 is 4.42 Å². The third-order valence-electron chi connectivity index (χ3n) is 8.03. The van der Waals surface area contributed by atoms with E-state index in [1.165, 1.54) is 22.3 Å². The molecule has 0 bridgehead atoms. The Morgan fingerprint density at radius 2 is 1.00 bits per heavy atom. The molecule has 42 heavy (non-hydrogen) atoms. The fourth-order valence-electron chi connectivity index (χ4n) is 6.13. The van der Waals surface area contributed by atoms with Gasteiger partial charge < -0.3 is 9.32 Å². The second kappa shape index (κ2) is 10.1. The lowest BCUT2D eigenvalue weighted by molar-refractivity contribution is 0.673. The number of furan rings is 1. The van der Waals surface area contributed by atoms with Crippen LogP contribution in [0, 0.1) is 0 Å². The maximum atomic E-state index is 6.63. The second-order valence-electron chi connectivity index (χ2n) is 10.6. The molecule has 0 N–H and O–H groups in total. The summed E-state index contributed by atoms with van der Waals surface area (Å²) in [6, 6.07) is 57.8. The van der Waals surface area contributed by atoms with Gasteiger partial charge in [0.05, 0.1) is 5.69 Å². The zero-order chi connectivity index (χ0) is 27.9. The lowest BCUT2D eigenvalue weighted by Gasteiger charge is -2.27. The highest BCUT2D eigenvalue weighted by molar-refractivity contribution is 6.22. The van der Waals surface area contributed by atoms with Crippen molar-refractivity contribution >= 4 is 49.8 Å². The van der Waals surface area contributed by atoms with Crippen molar-refractivity contribution in [1.82, 2.24) is 0 Å². The fraction of sp³-hybridized carbons (Fsp3) is 0. The van der Waals surface area contributed by atoms with E-state index in [1.807, 2.05) is 0 Å². The van der Waals surface area contributed by atoms with E-state index in [4.69, 9.17) is 4.42 Å². The Hall–Kier alpha value is -5.60. The van der Waals surface area contributed by atoms with E-state index < -0.39 is 0 Å². The minimum absolute atomic E-state index is 0.894. The van der Waals surface area contributed by atoms with Crippen LogP contribution in [0.3, 0.4) is 0 Å². The number of para-hydroxylation sites is 1. The van der Waals surface area contributed by atoms with Crippen LogP contribution >= 0.6 is 0 Å². The predicted octanol–water partition coefficient (Wildman–Crippen LogP) is 11.5. The monoisotopic (exact) mass is 537 g/mol. The van der Waals surface area contributed by atoms with Crippen LogP contribution in [0.2, 0.25) is 0 Å². The summed E-state index contributed by atoms with van der Waals surface area (Å²) in [5.74, 6) is 0. The maximum Gasteiger partial charge on any atom is 0.143 e. The molecule has 1 heterocycles. The minimum Gasteiger partial charge on any atom is -0.455 e. The highest BCUT2D eigenvalue weighted by Crippen LogP contribution is 2.46. The van der Waals surface area contributed by atoms with Crippen molar-refractivity contribution in [1.29, 1.82) is 0 Å². The second-order valence-corrected chi connectivity index (χ2v) is 10.6. The van der Waals surface area contributed by atoms with E-state index >= 15 is 0 Å². The molecule has 0 fully saturated rings. The van der Waals surface area contributed by atoms with Crippen LogP contribution < -0.4 is 4.90 Å². The number of benzene rings is 7. The van der Waals surface area contributed by atoms with Crippen molar-refractivity contribution in [3.63, 3.8) is 0 Å². The van der Waals surface area contributed by atoms with Crippen LogP contribution in [0.1, 0.15) is 0 Å². The lowest BCUT2D eigenvalue weighted by atomic mass is 9.97. The van der Waals surface area contributed by atoms with Gasteiger partial charge in [-0.1, -0.05) is 127 Å². The van der Waals surface area contributed by atoms with Gasteiger partial charge in [0.2, 0.25) is 0 Å². The molecule has 198 valence electrons. The molecule has 0 saturated carbocycles. The summed E-state index contributed by atoms with van der Waals surface area (Å²) >= 11 is 0. The van der Waals surface area contributed by atoms with Gasteiger partial charge in [0, 0.05) is 32.9 Å². The summed E-state index contributed by atoms with van der Waals surface area (Å²) in [6.45, 7) is 0. The molecule has 2 heteroatoms. The number of hydrogen-bond donors (Lipinski definition) is 0.